The highest BCUT2D eigenvalue weighted by atomic mass is 32.1. The molecule has 0 aromatic carbocycles. The first-order valence-electron chi connectivity index (χ1n) is 7.13. The fourth-order valence-electron chi connectivity index (χ4n) is 3.05. The van der Waals surface area contributed by atoms with Crippen molar-refractivity contribution in [3.63, 3.8) is 0 Å². The molecule has 100 valence electrons. The van der Waals surface area contributed by atoms with Crippen LogP contribution in [0.4, 0.5) is 0 Å². The van der Waals surface area contributed by atoms with Gasteiger partial charge in [-0.3, -0.25) is 4.90 Å². The van der Waals surface area contributed by atoms with Crippen LogP contribution in [0.2, 0.25) is 0 Å². The van der Waals surface area contributed by atoms with Crippen molar-refractivity contribution >= 4 is 11.3 Å². The molecule has 4 heteroatoms. The Morgan fingerprint density at radius 1 is 1.39 bits per heavy atom. The van der Waals surface area contributed by atoms with Crippen LogP contribution < -0.4 is 5.32 Å². The zero-order chi connectivity index (χ0) is 12.5. The van der Waals surface area contributed by atoms with E-state index in [1.807, 2.05) is 11.3 Å². The molecule has 2 aliphatic rings. The van der Waals surface area contributed by atoms with Crippen molar-refractivity contribution in [1.29, 1.82) is 0 Å². The molecule has 2 atom stereocenters. The van der Waals surface area contributed by atoms with Crippen LogP contribution in [0.25, 0.3) is 0 Å². The number of hydrogen-bond acceptors (Lipinski definition) is 4. The van der Waals surface area contributed by atoms with Gasteiger partial charge >= 0.3 is 0 Å². The minimum atomic E-state index is 0.561. The van der Waals surface area contributed by atoms with Gasteiger partial charge in [0.05, 0.1) is 10.7 Å². The molecule has 2 bridgehead atoms. The summed E-state index contributed by atoms with van der Waals surface area (Å²) < 4.78 is 0. The standard InChI is InChI=1S/C14H23N3S/c1-10(2)14-16-13(9-18-14)8-17-6-5-11-3-4-12(7-17)15-11/h9-12,15H,3-8H2,1-2H3. The van der Waals surface area contributed by atoms with Crippen molar-refractivity contribution in [3.8, 4) is 0 Å². The smallest absolute Gasteiger partial charge is 0.0954 e. The topological polar surface area (TPSA) is 28.2 Å². The predicted octanol–water partition coefficient (Wildman–Crippen LogP) is 2.59. The molecule has 2 aliphatic heterocycles. The molecule has 0 radical (unpaired) electrons. The molecule has 2 fully saturated rings. The minimum Gasteiger partial charge on any atom is -0.310 e. The first kappa shape index (κ1) is 12.6. The van der Waals surface area contributed by atoms with Crippen LogP contribution in [0.15, 0.2) is 5.38 Å². The van der Waals surface area contributed by atoms with Gasteiger partial charge < -0.3 is 5.32 Å². The van der Waals surface area contributed by atoms with Crippen LogP contribution in [0, 0.1) is 0 Å². The molecule has 0 aliphatic carbocycles. The fourth-order valence-corrected chi connectivity index (χ4v) is 3.87. The summed E-state index contributed by atoms with van der Waals surface area (Å²) in [6, 6.07) is 1.50. The number of thiazole rings is 1. The second-order valence-corrected chi connectivity index (χ2v) is 6.88. The Kier molecular flexibility index (Phi) is 3.68. The molecule has 2 unspecified atom stereocenters. The molecule has 0 spiro atoms. The van der Waals surface area contributed by atoms with Gasteiger partial charge in [-0.05, 0) is 19.3 Å². The van der Waals surface area contributed by atoms with Crippen LogP contribution in [0.1, 0.15) is 49.7 Å². The van der Waals surface area contributed by atoms with E-state index in [-0.39, 0.29) is 0 Å². The number of fused-ring (bicyclic) bond motifs is 2. The highest BCUT2D eigenvalue weighted by Crippen LogP contribution is 2.23. The Morgan fingerprint density at radius 3 is 3.00 bits per heavy atom. The Bertz CT molecular complexity index is 401. The maximum absolute atomic E-state index is 4.75. The molecular formula is C14H23N3S. The highest BCUT2D eigenvalue weighted by Gasteiger charge is 2.29. The third kappa shape index (κ3) is 2.76. The summed E-state index contributed by atoms with van der Waals surface area (Å²) in [4.78, 5) is 7.33. The normalized spacial score (nSPS) is 28.8. The SMILES string of the molecule is CC(C)c1nc(CN2CCC3CCC(C2)N3)cs1. The molecule has 2 saturated heterocycles. The number of nitrogens with one attached hydrogen (secondary N) is 1. The summed E-state index contributed by atoms with van der Waals surface area (Å²) in [5, 5.41) is 7.25. The summed E-state index contributed by atoms with van der Waals surface area (Å²) in [6.45, 7) is 7.90. The van der Waals surface area contributed by atoms with Crippen LogP contribution in [0.5, 0.6) is 0 Å². The minimum absolute atomic E-state index is 0.561. The molecule has 3 heterocycles. The number of aromatic nitrogens is 1. The van der Waals surface area contributed by atoms with Crippen molar-refractivity contribution in [2.45, 2.75) is 57.7 Å². The third-order valence-electron chi connectivity index (χ3n) is 4.06. The van der Waals surface area contributed by atoms with Gasteiger partial charge in [0.1, 0.15) is 0 Å². The number of hydrogen-bond donors (Lipinski definition) is 1. The van der Waals surface area contributed by atoms with Gasteiger partial charge in [-0.1, -0.05) is 13.8 Å². The Labute approximate surface area is 114 Å². The average molecular weight is 265 g/mol. The lowest BCUT2D eigenvalue weighted by molar-refractivity contribution is 0.248. The van der Waals surface area contributed by atoms with Gasteiger partial charge in [-0.25, -0.2) is 4.98 Å². The van der Waals surface area contributed by atoms with E-state index in [1.165, 1.54) is 43.1 Å². The Morgan fingerprint density at radius 2 is 2.22 bits per heavy atom. The molecule has 1 aromatic rings. The van der Waals surface area contributed by atoms with E-state index in [4.69, 9.17) is 4.98 Å². The summed E-state index contributed by atoms with van der Waals surface area (Å²) in [7, 11) is 0. The fraction of sp³-hybridized carbons (Fsp3) is 0.786. The van der Waals surface area contributed by atoms with Gasteiger partial charge in [-0.15, -0.1) is 11.3 Å². The van der Waals surface area contributed by atoms with Crippen molar-refractivity contribution < 1.29 is 0 Å². The Balaban J connectivity index is 1.61. The maximum Gasteiger partial charge on any atom is 0.0954 e. The van der Waals surface area contributed by atoms with E-state index in [9.17, 15) is 0 Å². The molecule has 0 saturated carbocycles. The van der Waals surface area contributed by atoms with Crippen molar-refractivity contribution in [3.05, 3.63) is 16.1 Å². The quantitative estimate of drug-likeness (QED) is 0.910. The molecule has 0 amide bonds. The second kappa shape index (κ2) is 5.27. The molecule has 3 nitrogen and oxygen atoms in total. The molecule has 1 N–H and O–H groups in total. The van der Waals surface area contributed by atoms with E-state index in [0.717, 1.165) is 18.6 Å². The zero-order valence-electron chi connectivity index (χ0n) is 11.4. The third-order valence-corrected chi connectivity index (χ3v) is 5.25. The van der Waals surface area contributed by atoms with E-state index < -0.39 is 0 Å². The number of likely N-dealkylation sites (tertiary alicyclic amines) is 1. The van der Waals surface area contributed by atoms with Crippen LogP contribution >= 0.6 is 11.3 Å². The number of rotatable bonds is 3. The van der Waals surface area contributed by atoms with Gasteiger partial charge in [-0.2, -0.15) is 0 Å². The maximum atomic E-state index is 4.75. The van der Waals surface area contributed by atoms with E-state index in [0.29, 0.717) is 5.92 Å². The van der Waals surface area contributed by atoms with Gasteiger partial charge in [0.25, 0.3) is 0 Å². The van der Waals surface area contributed by atoms with Crippen LogP contribution in [0.3, 0.4) is 0 Å². The highest BCUT2D eigenvalue weighted by molar-refractivity contribution is 7.09. The molecule has 18 heavy (non-hydrogen) atoms. The molecule has 1 aromatic heterocycles. The van der Waals surface area contributed by atoms with Crippen LogP contribution in [-0.2, 0) is 6.54 Å². The lowest BCUT2D eigenvalue weighted by atomic mass is 10.1. The zero-order valence-corrected chi connectivity index (χ0v) is 12.2. The largest absolute Gasteiger partial charge is 0.310 e. The average Bonchev–Trinajstić information content (AvgIpc) is 2.89. The monoisotopic (exact) mass is 265 g/mol. The molecule has 3 rings (SSSR count). The van der Waals surface area contributed by atoms with Crippen LogP contribution in [-0.4, -0.2) is 35.1 Å². The predicted molar refractivity (Wildman–Crippen MR) is 76.0 cm³/mol. The van der Waals surface area contributed by atoms with Gasteiger partial charge in [0.15, 0.2) is 0 Å². The summed E-state index contributed by atoms with van der Waals surface area (Å²) in [5.74, 6) is 0.561. The number of nitrogens with zero attached hydrogens (tertiary/aromatic N) is 2. The lowest BCUT2D eigenvalue weighted by Crippen LogP contribution is -2.35. The Hall–Kier alpha value is -0.450. The summed E-state index contributed by atoms with van der Waals surface area (Å²) in [6.07, 6.45) is 4.04. The van der Waals surface area contributed by atoms with E-state index >= 15 is 0 Å². The van der Waals surface area contributed by atoms with Crippen molar-refractivity contribution in [2.75, 3.05) is 13.1 Å². The van der Waals surface area contributed by atoms with Crippen molar-refractivity contribution in [1.82, 2.24) is 15.2 Å². The summed E-state index contributed by atoms with van der Waals surface area (Å²) in [5.41, 5.74) is 1.27. The first-order chi connectivity index (χ1) is 8.70. The van der Waals surface area contributed by atoms with E-state index in [2.05, 4.69) is 29.4 Å². The first-order valence-corrected chi connectivity index (χ1v) is 8.01. The van der Waals surface area contributed by atoms with Crippen molar-refractivity contribution in [2.24, 2.45) is 0 Å². The van der Waals surface area contributed by atoms with Gasteiger partial charge in [0, 0.05) is 43.0 Å². The van der Waals surface area contributed by atoms with Gasteiger partial charge in [0.2, 0.25) is 0 Å². The lowest BCUT2D eigenvalue weighted by Gasteiger charge is -2.22. The molecular weight excluding hydrogens is 242 g/mol. The van der Waals surface area contributed by atoms with E-state index in [1.54, 1.807) is 0 Å². The summed E-state index contributed by atoms with van der Waals surface area (Å²) >= 11 is 1.81. The second-order valence-electron chi connectivity index (χ2n) is 5.99.